The Hall–Kier alpha value is -2.21. The van der Waals surface area contributed by atoms with Gasteiger partial charge in [0, 0.05) is 29.3 Å². The minimum Gasteiger partial charge on any atom is -0.462 e. The number of aromatic nitrogens is 1. The van der Waals surface area contributed by atoms with Gasteiger partial charge in [0.1, 0.15) is 19.0 Å². The molecule has 0 aliphatic carbocycles. The summed E-state index contributed by atoms with van der Waals surface area (Å²) in [5.41, 5.74) is 0.955. The molecule has 0 saturated heterocycles. The third-order valence-electron chi connectivity index (χ3n) is 3.14. The minimum atomic E-state index is -0.432. The van der Waals surface area contributed by atoms with Crippen molar-refractivity contribution in [1.82, 2.24) is 4.57 Å². The van der Waals surface area contributed by atoms with Crippen molar-refractivity contribution in [2.24, 2.45) is 0 Å². The van der Waals surface area contributed by atoms with Crippen LogP contribution in [0.3, 0.4) is 0 Å². The van der Waals surface area contributed by atoms with E-state index in [9.17, 15) is 14.0 Å². The number of carbonyl (C=O) groups is 2. The normalized spacial score (nSPS) is 10.8. The Morgan fingerprint density at radius 1 is 1.32 bits per heavy atom. The maximum Gasteiger partial charge on any atom is 0.326 e. The van der Waals surface area contributed by atoms with Crippen molar-refractivity contribution >= 4 is 23.2 Å². The Kier molecular flexibility index (Phi) is 5.66. The molecule has 0 unspecified atom stereocenters. The van der Waals surface area contributed by atoms with E-state index in [-0.39, 0.29) is 13.2 Å². The zero-order valence-corrected chi connectivity index (χ0v) is 12.4. The molecule has 1 heterocycles. The summed E-state index contributed by atoms with van der Waals surface area (Å²) in [5.74, 6) is -0.859. The fourth-order valence-corrected chi connectivity index (χ4v) is 2.17. The molecular formula is C16H18FNO4. The molecule has 0 spiro atoms. The molecule has 0 saturated carbocycles. The summed E-state index contributed by atoms with van der Waals surface area (Å²) in [6.07, 6.45) is 3.07. The summed E-state index contributed by atoms with van der Waals surface area (Å²) < 4.78 is 25.1. The lowest BCUT2D eigenvalue weighted by Crippen LogP contribution is -2.16. The molecule has 5 nitrogen and oxygen atoms in total. The van der Waals surface area contributed by atoms with Crippen LogP contribution in [0.1, 0.15) is 23.7 Å². The summed E-state index contributed by atoms with van der Waals surface area (Å²) >= 11 is 0. The van der Waals surface area contributed by atoms with Gasteiger partial charge in [0.25, 0.3) is 0 Å². The van der Waals surface area contributed by atoms with Crippen LogP contribution in [-0.4, -0.2) is 36.6 Å². The standard InChI is InChI=1S/C16H18FNO4/c1-2-5-21-6-7-22-16(20)10-18-9-12(11-19)14-8-13(17)3-4-15(14)18/h3-4,8-9,11H,2,5-7,10H2,1H3. The van der Waals surface area contributed by atoms with Crippen LogP contribution in [0, 0.1) is 5.82 Å². The van der Waals surface area contributed by atoms with Gasteiger partial charge in [-0.2, -0.15) is 0 Å². The molecule has 1 aromatic carbocycles. The number of nitrogens with zero attached hydrogens (tertiary/aromatic N) is 1. The first kappa shape index (κ1) is 16.2. The van der Waals surface area contributed by atoms with E-state index in [4.69, 9.17) is 9.47 Å². The monoisotopic (exact) mass is 307 g/mol. The average molecular weight is 307 g/mol. The molecule has 0 bridgehead atoms. The summed E-state index contributed by atoms with van der Waals surface area (Å²) in [6, 6.07) is 4.10. The van der Waals surface area contributed by atoms with E-state index in [1.54, 1.807) is 4.57 Å². The Labute approximate surface area is 127 Å². The SMILES string of the molecule is CCCOCCOC(=O)Cn1cc(C=O)c2cc(F)ccc21. The molecule has 1 aromatic heterocycles. The molecule has 0 radical (unpaired) electrons. The number of carbonyl (C=O) groups excluding carboxylic acids is 2. The Balaban J connectivity index is 2.02. The van der Waals surface area contributed by atoms with Crippen LogP contribution in [0.15, 0.2) is 24.4 Å². The highest BCUT2D eigenvalue weighted by molar-refractivity contribution is 5.98. The average Bonchev–Trinajstić information content (AvgIpc) is 2.84. The zero-order chi connectivity index (χ0) is 15.9. The topological polar surface area (TPSA) is 57.5 Å². The van der Waals surface area contributed by atoms with E-state index < -0.39 is 11.8 Å². The number of ether oxygens (including phenoxy) is 2. The molecule has 118 valence electrons. The fraction of sp³-hybridized carbons (Fsp3) is 0.375. The van der Waals surface area contributed by atoms with Gasteiger partial charge >= 0.3 is 5.97 Å². The van der Waals surface area contributed by atoms with Crippen molar-refractivity contribution in [1.29, 1.82) is 0 Å². The van der Waals surface area contributed by atoms with Crippen molar-refractivity contribution in [3.05, 3.63) is 35.8 Å². The Bertz CT molecular complexity index is 665. The van der Waals surface area contributed by atoms with Crippen LogP contribution in [0.5, 0.6) is 0 Å². The van der Waals surface area contributed by atoms with Crippen LogP contribution in [0.4, 0.5) is 4.39 Å². The van der Waals surface area contributed by atoms with Crippen molar-refractivity contribution < 1.29 is 23.5 Å². The van der Waals surface area contributed by atoms with Gasteiger partial charge in [0.05, 0.1) is 6.61 Å². The highest BCUT2D eigenvalue weighted by Gasteiger charge is 2.12. The van der Waals surface area contributed by atoms with Crippen LogP contribution < -0.4 is 0 Å². The first-order valence-electron chi connectivity index (χ1n) is 7.12. The molecule has 6 heteroatoms. The quantitative estimate of drug-likeness (QED) is 0.427. The van der Waals surface area contributed by atoms with Crippen molar-refractivity contribution in [3.63, 3.8) is 0 Å². The first-order chi connectivity index (χ1) is 10.7. The maximum atomic E-state index is 13.3. The van der Waals surface area contributed by atoms with Gasteiger partial charge in [0.2, 0.25) is 0 Å². The van der Waals surface area contributed by atoms with Gasteiger partial charge < -0.3 is 14.0 Å². The molecular weight excluding hydrogens is 289 g/mol. The lowest BCUT2D eigenvalue weighted by Gasteiger charge is -2.07. The highest BCUT2D eigenvalue weighted by Crippen LogP contribution is 2.21. The number of hydrogen-bond acceptors (Lipinski definition) is 4. The van der Waals surface area contributed by atoms with E-state index in [0.29, 0.717) is 36.0 Å². The van der Waals surface area contributed by atoms with Gasteiger partial charge in [-0.1, -0.05) is 6.92 Å². The van der Waals surface area contributed by atoms with E-state index in [1.165, 1.54) is 24.4 Å². The molecule has 0 atom stereocenters. The fourth-order valence-electron chi connectivity index (χ4n) is 2.17. The summed E-state index contributed by atoms with van der Waals surface area (Å²) in [5, 5.41) is 0.481. The van der Waals surface area contributed by atoms with Gasteiger partial charge in [-0.05, 0) is 24.6 Å². The molecule has 0 N–H and O–H groups in total. The van der Waals surface area contributed by atoms with Crippen LogP contribution >= 0.6 is 0 Å². The molecule has 0 aliphatic rings. The van der Waals surface area contributed by atoms with Gasteiger partial charge in [0.15, 0.2) is 6.29 Å². The van der Waals surface area contributed by atoms with Gasteiger partial charge in [-0.3, -0.25) is 9.59 Å². The molecule has 0 fully saturated rings. The van der Waals surface area contributed by atoms with Crippen LogP contribution in [0.2, 0.25) is 0 Å². The van der Waals surface area contributed by atoms with Gasteiger partial charge in [-0.15, -0.1) is 0 Å². The van der Waals surface area contributed by atoms with Crippen LogP contribution in [0.25, 0.3) is 10.9 Å². The van der Waals surface area contributed by atoms with Crippen molar-refractivity contribution in [2.75, 3.05) is 19.8 Å². The van der Waals surface area contributed by atoms with E-state index >= 15 is 0 Å². The zero-order valence-electron chi connectivity index (χ0n) is 12.4. The molecule has 2 rings (SSSR count). The summed E-state index contributed by atoms with van der Waals surface area (Å²) in [6.45, 7) is 3.14. The second-order valence-corrected chi connectivity index (χ2v) is 4.82. The number of fused-ring (bicyclic) bond motifs is 1. The van der Waals surface area contributed by atoms with Crippen molar-refractivity contribution in [2.45, 2.75) is 19.9 Å². The van der Waals surface area contributed by atoms with E-state index in [0.717, 1.165) is 6.42 Å². The molecule has 22 heavy (non-hydrogen) atoms. The smallest absolute Gasteiger partial charge is 0.326 e. The lowest BCUT2D eigenvalue weighted by molar-refractivity contribution is -0.145. The third-order valence-corrected chi connectivity index (χ3v) is 3.14. The number of rotatable bonds is 8. The number of aldehydes is 1. The highest BCUT2D eigenvalue weighted by atomic mass is 19.1. The second-order valence-electron chi connectivity index (χ2n) is 4.82. The predicted octanol–water partition coefficient (Wildman–Crippen LogP) is 2.56. The Morgan fingerprint density at radius 3 is 2.86 bits per heavy atom. The van der Waals surface area contributed by atoms with Crippen molar-refractivity contribution in [3.8, 4) is 0 Å². The first-order valence-corrected chi connectivity index (χ1v) is 7.12. The summed E-state index contributed by atoms with van der Waals surface area (Å²) in [7, 11) is 0. The third kappa shape index (κ3) is 3.92. The number of hydrogen-bond donors (Lipinski definition) is 0. The maximum absolute atomic E-state index is 13.3. The second kappa shape index (κ2) is 7.70. The molecule has 0 amide bonds. The lowest BCUT2D eigenvalue weighted by atomic mass is 10.2. The summed E-state index contributed by atoms with van der Waals surface area (Å²) in [4.78, 5) is 22.8. The van der Waals surface area contributed by atoms with Crippen LogP contribution in [-0.2, 0) is 20.8 Å². The number of esters is 1. The molecule has 2 aromatic rings. The van der Waals surface area contributed by atoms with E-state index in [2.05, 4.69) is 0 Å². The number of benzene rings is 1. The Morgan fingerprint density at radius 2 is 2.14 bits per heavy atom. The minimum absolute atomic E-state index is 0.0379. The van der Waals surface area contributed by atoms with Gasteiger partial charge in [-0.25, -0.2) is 4.39 Å². The molecule has 0 aliphatic heterocycles. The number of halogens is 1. The predicted molar refractivity (Wildman–Crippen MR) is 79.4 cm³/mol. The van der Waals surface area contributed by atoms with E-state index in [1.807, 2.05) is 6.92 Å². The largest absolute Gasteiger partial charge is 0.462 e.